The van der Waals surface area contributed by atoms with E-state index >= 15 is 0 Å². The van der Waals surface area contributed by atoms with Gasteiger partial charge in [-0.05, 0) is 31.3 Å². The first-order valence-corrected chi connectivity index (χ1v) is 11.6. The lowest BCUT2D eigenvalue weighted by atomic mass is 10.1. The molecule has 2 fully saturated rings. The molecule has 0 aliphatic carbocycles. The Morgan fingerprint density at radius 3 is 2.21 bits per heavy atom. The molecular weight excluding hydrogens is 467 g/mol. The van der Waals surface area contributed by atoms with Gasteiger partial charge in [0.1, 0.15) is 5.82 Å². The third-order valence-corrected chi connectivity index (χ3v) is 6.64. The van der Waals surface area contributed by atoms with Gasteiger partial charge in [-0.25, -0.2) is 4.98 Å². The van der Waals surface area contributed by atoms with Crippen LogP contribution in [0, 0.1) is 0 Å². The Morgan fingerprint density at radius 1 is 0.824 bits per heavy atom. The SMILES string of the molecule is CN1CCN(c2nc(N3CCN(c4ccnc5cc(Cl)ccc45)CC3)cc(C(F)(F)F)n2)CC1. The minimum atomic E-state index is -4.53. The van der Waals surface area contributed by atoms with Gasteiger partial charge in [0.25, 0.3) is 0 Å². The standard InChI is InChI=1S/C23H25ClF3N7/c1-31-6-8-34(9-7-31)22-29-20(23(25,26)27)15-21(30-22)33-12-10-32(11-13-33)19-4-5-28-18-14-16(24)2-3-17(18)19/h2-5,14-15H,6-13H2,1H3. The summed E-state index contributed by atoms with van der Waals surface area (Å²) in [5.41, 5.74) is 0.957. The molecule has 180 valence electrons. The fraction of sp³-hybridized carbons (Fsp3) is 0.435. The summed E-state index contributed by atoms with van der Waals surface area (Å²) in [5.74, 6) is 0.472. The molecular formula is C23H25ClF3N7. The van der Waals surface area contributed by atoms with E-state index in [0.29, 0.717) is 50.1 Å². The second kappa shape index (κ2) is 9.07. The van der Waals surface area contributed by atoms with Crippen LogP contribution in [0.4, 0.5) is 30.6 Å². The first-order valence-electron chi connectivity index (χ1n) is 11.2. The van der Waals surface area contributed by atoms with Crippen LogP contribution in [0.2, 0.25) is 5.02 Å². The number of pyridine rings is 1. The summed E-state index contributed by atoms with van der Waals surface area (Å²) >= 11 is 6.11. The second-order valence-electron chi connectivity index (χ2n) is 8.67. The van der Waals surface area contributed by atoms with Gasteiger partial charge in [-0.3, -0.25) is 4.98 Å². The zero-order valence-electron chi connectivity index (χ0n) is 18.8. The number of anilines is 3. The monoisotopic (exact) mass is 491 g/mol. The van der Waals surface area contributed by atoms with Gasteiger partial charge in [0.05, 0.1) is 5.52 Å². The molecule has 2 aliphatic heterocycles. The van der Waals surface area contributed by atoms with E-state index < -0.39 is 11.9 Å². The Hall–Kier alpha value is -2.85. The summed E-state index contributed by atoms with van der Waals surface area (Å²) in [6.45, 7) is 5.13. The molecule has 2 saturated heterocycles. The van der Waals surface area contributed by atoms with E-state index in [9.17, 15) is 13.2 Å². The molecule has 0 spiro atoms. The number of nitrogens with zero attached hydrogens (tertiary/aromatic N) is 7. The van der Waals surface area contributed by atoms with Gasteiger partial charge in [0, 0.05) is 80.7 Å². The first kappa shape index (κ1) is 22.9. The molecule has 0 radical (unpaired) electrons. The quantitative estimate of drug-likeness (QED) is 0.552. The summed E-state index contributed by atoms with van der Waals surface area (Å²) in [7, 11) is 2.00. The average Bonchev–Trinajstić information content (AvgIpc) is 2.83. The molecule has 34 heavy (non-hydrogen) atoms. The van der Waals surface area contributed by atoms with Crippen LogP contribution in [0.3, 0.4) is 0 Å². The number of benzene rings is 1. The summed E-state index contributed by atoms with van der Waals surface area (Å²) in [6, 6.07) is 8.65. The van der Waals surface area contributed by atoms with Crippen LogP contribution in [-0.2, 0) is 6.18 Å². The topological polar surface area (TPSA) is 51.6 Å². The molecule has 0 bridgehead atoms. The van der Waals surface area contributed by atoms with Gasteiger partial charge in [0.2, 0.25) is 5.95 Å². The molecule has 7 nitrogen and oxygen atoms in total. The lowest BCUT2D eigenvalue weighted by molar-refractivity contribution is -0.141. The van der Waals surface area contributed by atoms with E-state index in [1.54, 1.807) is 6.20 Å². The molecule has 0 atom stereocenters. The number of likely N-dealkylation sites (N-methyl/N-ethyl adjacent to an activating group) is 1. The largest absolute Gasteiger partial charge is 0.433 e. The van der Waals surface area contributed by atoms with E-state index in [0.717, 1.165) is 35.7 Å². The fourth-order valence-corrected chi connectivity index (χ4v) is 4.60. The van der Waals surface area contributed by atoms with Crippen LogP contribution >= 0.6 is 11.6 Å². The summed E-state index contributed by atoms with van der Waals surface area (Å²) in [4.78, 5) is 20.9. The van der Waals surface area contributed by atoms with Crippen LogP contribution in [0.1, 0.15) is 5.69 Å². The number of hydrogen-bond donors (Lipinski definition) is 0. The van der Waals surface area contributed by atoms with Crippen LogP contribution < -0.4 is 14.7 Å². The smallest absolute Gasteiger partial charge is 0.367 e. The van der Waals surface area contributed by atoms with Crippen molar-refractivity contribution in [1.82, 2.24) is 19.9 Å². The van der Waals surface area contributed by atoms with E-state index in [-0.39, 0.29) is 5.95 Å². The molecule has 3 aromatic rings. The van der Waals surface area contributed by atoms with Crippen molar-refractivity contribution in [2.45, 2.75) is 6.18 Å². The molecule has 5 rings (SSSR count). The molecule has 0 unspecified atom stereocenters. The Labute approximate surface area is 200 Å². The number of aromatic nitrogens is 3. The van der Waals surface area contributed by atoms with Crippen molar-refractivity contribution in [1.29, 1.82) is 0 Å². The van der Waals surface area contributed by atoms with Gasteiger partial charge < -0.3 is 19.6 Å². The van der Waals surface area contributed by atoms with Crippen molar-refractivity contribution in [2.75, 3.05) is 74.1 Å². The minimum Gasteiger partial charge on any atom is -0.367 e. The highest BCUT2D eigenvalue weighted by molar-refractivity contribution is 6.31. The Morgan fingerprint density at radius 2 is 1.50 bits per heavy atom. The van der Waals surface area contributed by atoms with E-state index in [2.05, 4.69) is 24.8 Å². The van der Waals surface area contributed by atoms with Crippen molar-refractivity contribution in [3.8, 4) is 0 Å². The van der Waals surface area contributed by atoms with Gasteiger partial charge in [0.15, 0.2) is 5.69 Å². The van der Waals surface area contributed by atoms with E-state index in [1.807, 2.05) is 41.1 Å². The fourth-order valence-electron chi connectivity index (χ4n) is 4.44. The van der Waals surface area contributed by atoms with Crippen molar-refractivity contribution in [3.05, 3.63) is 47.2 Å². The third kappa shape index (κ3) is 4.69. The predicted octanol–water partition coefficient (Wildman–Crippen LogP) is 3.78. The van der Waals surface area contributed by atoms with Gasteiger partial charge in [-0.2, -0.15) is 18.2 Å². The number of hydrogen-bond acceptors (Lipinski definition) is 7. The Bertz CT molecular complexity index is 1170. The molecule has 0 N–H and O–H groups in total. The summed E-state index contributed by atoms with van der Waals surface area (Å²) < 4.78 is 40.9. The molecule has 0 saturated carbocycles. The van der Waals surface area contributed by atoms with E-state index in [1.165, 1.54) is 0 Å². The van der Waals surface area contributed by atoms with Crippen LogP contribution in [0.25, 0.3) is 10.9 Å². The molecule has 0 amide bonds. The molecule has 4 heterocycles. The zero-order chi connectivity index (χ0) is 23.9. The highest BCUT2D eigenvalue weighted by atomic mass is 35.5. The average molecular weight is 492 g/mol. The number of halogens is 4. The normalized spacial score (nSPS) is 18.1. The minimum absolute atomic E-state index is 0.150. The maximum absolute atomic E-state index is 13.6. The lowest BCUT2D eigenvalue weighted by Gasteiger charge is -2.38. The number of alkyl halides is 3. The van der Waals surface area contributed by atoms with Gasteiger partial charge in [-0.15, -0.1) is 0 Å². The van der Waals surface area contributed by atoms with Crippen molar-refractivity contribution in [2.24, 2.45) is 0 Å². The van der Waals surface area contributed by atoms with Crippen LogP contribution in [0.15, 0.2) is 36.5 Å². The number of piperazine rings is 2. The molecule has 11 heteroatoms. The predicted molar refractivity (Wildman–Crippen MR) is 128 cm³/mol. The first-order chi connectivity index (χ1) is 16.3. The highest BCUT2D eigenvalue weighted by Gasteiger charge is 2.35. The maximum Gasteiger partial charge on any atom is 0.433 e. The Kier molecular flexibility index (Phi) is 6.11. The van der Waals surface area contributed by atoms with Crippen molar-refractivity contribution in [3.63, 3.8) is 0 Å². The molecule has 2 aliphatic rings. The van der Waals surface area contributed by atoms with Crippen molar-refractivity contribution >= 4 is 40.0 Å². The highest BCUT2D eigenvalue weighted by Crippen LogP contribution is 2.33. The van der Waals surface area contributed by atoms with Crippen LogP contribution in [0.5, 0.6) is 0 Å². The summed E-state index contributed by atoms with van der Waals surface area (Å²) in [5, 5.41) is 1.63. The van der Waals surface area contributed by atoms with Crippen LogP contribution in [-0.4, -0.2) is 79.3 Å². The third-order valence-electron chi connectivity index (χ3n) is 6.40. The van der Waals surface area contributed by atoms with Gasteiger partial charge >= 0.3 is 6.18 Å². The number of rotatable bonds is 3. The second-order valence-corrected chi connectivity index (χ2v) is 9.10. The molecule has 1 aromatic carbocycles. The number of fused-ring (bicyclic) bond motifs is 1. The maximum atomic E-state index is 13.6. The zero-order valence-corrected chi connectivity index (χ0v) is 19.5. The molecule has 2 aromatic heterocycles. The van der Waals surface area contributed by atoms with Gasteiger partial charge in [-0.1, -0.05) is 11.6 Å². The van der Waals surface area contributed by atoms with Crippen molar-refractivity contribution < 1.29 is 13.2 Å². The Balaban J connectivity index is 1.38. The lowest BCUT2D eigenvalue weighted by Crippen LogP contribution is -2.47. The summed E-state index contributed by atoms with van der Waals surface area (Å²) in [6.07, 6.45) is -2.78. The van der Waals surface area contributed by atoms with E-state index in [4.69, 9.17) is 11.6 Å².